The Morgan fingerprint density at radius 1 is 1.29 bits per heavy atom. The Balaban J connectivity index is 0. The molecule has 1 amide bonds. The SMILES string of the molecule is C.CC(C)c1ccccc1C(=O)NS(C)(=O)=O.[HH]. The van der Waals surface area contributed by atoms with Gasteiger partial charge in [-0.1, -0.05) is 39.5 Å². The number of carbonyl (C=O) groups excluding carboxylic acids is 1. The van der Waals surface area contributed by atoms with E-state index in [4.69, 9.17) is 0 Å². The monoisotopic (exact) mass is 259 g/mol. The summed E-state index contributed by atoms with van der Waals surface area (Å²) in [4.78, 5) is 11.7. The van der Waals surface area contributed by atoms with Gasteiger partial charge in [-0.15, -0.1) is 0 Å². The molecule has 0 radical (unpaired) electrons. The molecule has 0 fully saturated rings. The van der Waals surface area contributed by atoms with Crippen LogP contribution in [0.15, 0.2) is 24.3 Å². The van der Waals surface area contributed by atoms with Crippen LogP contribution in [0.2, 0.25) is 0 Å². The minimum Gasteiger partial charge on any atom is -0.268 e. The van der Waals surface area contributed by atoms with Gasteiger partial charge in [-0.3, -0.25) is 4.79 Å². The van der Waals surface area contributed by atoms with Crippen molar-refractivity contribution < 1.29 is 14.6 Å². The normalized spacial score (nSPS) is 10.8. The van der Waals surface area contributed by atoms with E-state index < -0.39 is 15.9 Å². The highest BCUT2D eigenvalue weighted by atomic mass is 32.2. The van der Waals surface area contributed by atoms with Crippen LogP contribution in [0.3, 0.4) is 0 Å². The molecule has 0 saturated heterocycles. The molecule has 1 aromatic rings. The Kier molecular flexibility index (Phi) is 5.35. The molecule has 0 heterocycles. The van der Waals surface area contributed by atoms with E-state index in [-0.39, 0.29) is 14.8 Å². The molecule has 5 heteroatoms. The molecule has 0 aromatic heterocycles. The van der Waals surface area contributed by atoms with Gasteiger partial charge in [-0.05, 0) is 17.5 Å². The minimum atomic E-state index is -3.51. The lowest BCUT2D eigenvalue weighted by Gasteiger charge is -2.11. The second-order valence-corrected chi connectivity index (χ2v) is 5.69. The average molecular weight is 259 g/mol. The van der Waals surface area contributed by atoms with Gasteiger partial charge in [0.2, 0.25) is 10.0 Å². The van der Waals surface area contributed by atoms with Gasteiger partial charge in [0, 0.05) is 6.99 Å². The summed E-state index contributed by atoms with van der Waals surface area (Å²) in [6.45, 7) is 3.90. The van der Waals surface area contributed by atoms with E-state index in [1.807, 2.05) is 30.7 Å². The highest BCUT2D eigenvalue weighted by Crippen LogP contribution is 2.18. The van der Waals surface area contributed by atoms with Crippen molar-refractivity contribution >= 4 is 15.9 Å². The minimum absolute atomic E-state index is 0. The van der Waals surface area contributed by atoms with Gasteiger partial charge < -0.3 is 0 Å². The molecule has 0 saturated carbocycles. The highest BCUT2D eigenvalue weighted by Gasteiger charge is 2.15. The van der Waals surface area contributed by atoms with Crippen LogP contribution < -0.4 is 4.72 Å². The van der Waals surface area contributed by atoms with E-state index in [9.17, 15) is 13.2 Å². The fourth-order valence-corrected chi connectivity index (χ4v) is 1.88. The van der Waals surface area contributed by atoms with Crippen LogP contribution in [0.1, 0.15) is 44.5 Å². The summed E-state index contributed by atoms with van der Waals surface area (Å²) in [7, 11) is -3.51. The molecule has 0 bridgehead atoms. The molecule has 1 aromatic carbocycles. The molecule has 0 aliphatic heterocycles. The number of rotatable bonds is 3. The Hall–Kier alpha value is -1.36. The van der Waals surface area contributed by atoms with E-state index in [1.165, 1.54) is 0 Å². The number of benzene rings is 1. The van der Waals surface area contributed by atoms with E-state index in [0.29, 0.717) is 5.56 Å². The van der Waals surface area contributed by atoms with Gasteiger partial charge in [0.05, 0.1) is 6.26 Å². The van der Waals surface area contributed by atoms with E-state index in [2.05, 4.69) is 0 Å². The molecule has 0 aliphatic carbocycles. The van der Waals surface area contributed by atoms with E-state index in [1.54, 1.807) is 12.1 Å². The number of hydrogen-bond acceptors (Lipinski definition) is 3. The van der Waals surface area contributed by atoms with Gasteiger partial charge in [0.25, 0.3) is 5.91 Å². The maximum atomic E-state index is 11.7. The van der Waals surface area contributed by atoms with Gasteiger partial charge in [0.1, 0.15) is 0 Å². The molecule has 98 valence electrons. The summed E-state index contributed by atoms with van der Waals surface area (Å²) in [5.41, 5.74) is 1.24. The molecule has 0 spiro atoms. The van der Waals surface area contributed by atoms with Crippen LogP contribution in [-0.2, 0) is 10.0 Å². The van der Waals surface area contributed by atoms with Crippen molar-refractivity contribution in [2.45, 2.75) is 27.2 Å². The first-order valence-electron chi connectivity index (χ1n) is 4.92. The van der Waals surface area contributed by atoms with E-state index in [0.717, 1.165) is 11.8 Å². The largest absolute Gasteiger partial charge is 0.268 e. The number of nitrogens with one attached hydrogen (secondary N) is 1. The Bertz CT molecular complexity index is 498. The quantitative estimate of drug-likeness (QED) is 0.906. The molecule has 4 nitrogen and oxygen atoms in total. The van der Waals surface area contributed by atoms with Gasteiger partial charge in [-0.25, -0.2) is 13.1 Å². The van der Waals surface area contributed by atoms with E-state index >= 15 is 0 Å². The van der Waals surface area contributed by atoms with Crippen LogP contribution >= 0.6 is 0 Å². The van der Waals surface area contributed by atoms with Crippen LogP contribution in [0, 0.1) is 0 Å². The second-order valence-electron chi connectivity index (χ2n) is 3.95. The number of amides is 1. The highest BCUT2D eigenvalue weighted by molar-refractivity contribution is 7.89. The first-order chi connectivity index (χ1) is 7.31. The fraction of sp³-hybridized carbons (Fsp3) is 0.417. The summed E-state index contributed by atoms with van der Waals surface area (Å²) < 4.78 is 23.9. The van der Waals surface area contributed by atoms with Crippen LogP contribution in [0.25, 0.3) is 0 Å². The Morgan fingerprint density at radius 3 is 2.29 bits per heavy atom. The van der Waals surface area contributed by atoms with Crippen molar-refractivity contribution in [2.75, 3.05) is 6.26 Å². The van der Waals surface area contributed by atoms with Crippen molar-refractivity contribution in [1.82, 2.24) is 4.72 Å². The lowest BCUT2D eigenvalue weighted by atomic mass is 9.97. The molecular weight excluding hydrogens is 238 g/mol. The zero-order valence-corrected chi connectivity index (χ0v) is 10.3. The van der Waals surface area contributed by atoms with Crippen molar-refractivity contribution in [1.29, 1.82) is 0 Å². The van der Waals surface area contributed by atoms with Gasteiger partial charge >= 0.3 is 0 Å². The Morgan fingerprint density at radius 2 is 1.82 bits per heavy atom. The number of carbonyl (C=O) groups is 1. The standard InChI is InChI=1S/C11H15NO3S.CH4.H2/c1-8(2)9-6-4-5-7-10(9)11(13)12-16(3,14)15;;/h4-8H,1-3H3,(H,12,13);1H4;1H. The molecule has 0 unspecified atom stereocenters. The maximum Gasteiger partial charge on any atom is 0.265 e. The zero-order chi connectivity index (χ0) is 12.3. The zero-order valence-electron chi connectivity index (χ0n) is 9.52. The molecular formula is C12H21NO3S. The van der Waals surface area contributed by atoms with Crippen molar-refractivity contribution in [3.8, 4) is 0 Å². The van der Waals surface area contributed by atoms with Crippen LogP contribution in [0.4, 0.5) is 0 Å². The van der Waals surface area contributed by atoms with Gasteiger partial charge in [-0.2, -0.15) is 0 Å². The smallest absolute Gasteiger partial charge is 0.265 e. The second kappa shape index (κ2) is 5.82. The summed E-state index contributed by atoms with van der Waals surface area (Å²) in [5.74, 6) is -0.409. The molecule has 1 N–H and O–H groups in total. The average Bonchev–Trinajstić information content (AvgIpc) is 2.15. The number of sulfonamides is 1. The maximum absolute atomic E-state index is 11.7. The van der Waals surface area contributed by atoms with Crippen LogP contribution in [0.5, 0.6) is 0 Å². The Labute approximate surface area is 105 Å². The molecule has 0 atom stereocenters. The molecule has 0 aliphatic rings. The third kappa shape index (κ3) is 4.56. The lowest BCUT2D eigenvalue weighted by Crippen LogP contribution is -2.30. The first kappa shape index (κ1) is 15.6. The summed E-state index contributed by atoms with van der Waals surface area (Å²) in [5, 5.41) is 0. The third-order valence-corrected chi connectivity index (χ3v) is 2.66. The summed E-state index contributed by atoms with van der Waals surface area (Å²) in [6, 6.07) is 6.98. The van der Waals surface area contributed by atoms with Crippen molar-refractivity contribution in [3.63, 3.8) is 0 Å². The van der Waals surface area contributed by atoms with Crippen molar-refractivity contribution in [3.05, 3.63) is 35.4 Å². The fourth-order valence-electron chi connectivity index (χ4n) is 1.43. The lowest BCUT2D eigenvalue weighted by molar-refractivity contribution is 0.0980. The topological polar surface area (TPSA) is 63.2 Å². The summed E-state index contributed by atoms with van der Waals surface area (Å²) in [6.07, 6.45) is 0.961. The predicted octanol–water partition coefficient (Wildman–Crippen LogP) is 2.38. The molecule has 1 rings (SSSR count). The van der Waals surface area contributed by atoms with Gasteiger partial charge in [0.15, 0.2) is 0 Å². The first-order valence-corrected chi connectivity index (χ1v) is 6.81. The number of hydrogen-bond donors (Lipinski definition) is 1. The predicted molar refractivity (Wildman–Crippen MR) is 71.7 cm³/mol. The van der Waals surface area contributed by atoms with Crippen LogP contribution in [-0.4, -0.2) is 20.6 Å². The third-order valence-electron chi connectivity index (χ3n) is 2.11. The summed E-state index contributed by atoms with van der Waals surface area (Å²) >= 11 is 0. The molecule has 17 heavy (non-hydrogen) atoms. The van der Waals surface area contributed by atoms with Crippen molar-refractivity contribution in [2.24, 2.45) is 0 Å².